The van der Waals surface area contributed by atoms with E-state index in [1.54, 1.807) is 12.5 Å². The third-order valence-electron chi connectivity index (χ3n) is 13.3. The smallest absolute Gasteiger partial charge is 0.302 e. The van der Waals surface area contributed by atoms with Crippen LogP contribution in [0.5, 0.6) is 0 Å². The molecule has 0 amide bonds. The van der Waals surface area contributed by atoms with Crippen molar-refractivity contribution >= 4 is 11.9 Å². The van der Waals surface area contributed by atoms with E-state index in [9.17, 15) is 14.7 Å². The van der Waals surface area contributed by atoms with Gasteiger partial charge in [0.1, 0.15) is 6.10 Å². The highest BCUT2D eigenvalue weighted by atomic mass is 16.5. The molecule has 10 unspecified atom stereocenters. The average molecular weight is 543 g/mol. The van der Waals surface area contributed by atoms with Crippen molar-refractivity contribution in [2.45, 2.75) is 126 Å². The molecule has 0 aromatic carbocycles. The van der Waals surface area contributed by atoms with Crippen LogP contribution in [-0.2, 0) is 19.1 Å². The summed E-state index contributed by atoms with van der Waals surface area (Å²) in [5.74, 6) is 1.33. The Morgan fingerprint density at radius 3 is 2.26 bits per heavy atom. The number of hydrogen-bond donors (Lipinski definition) is 1. The van der Waals surface area contributed by atoms with Gasteiger partial charge in [-0.3, -0.25) is 9.59 Å². The molecule has 0 radical (unpaired) electrons. The Morgan fingerprint density at radius 1 is 0.923 bits per heavy atom. The molecular formula is C34H54O5. The lowest BCUT2D eigenvalue weighted by atomic mass is 9.34. The van der Waals surface area contributed by atoms with E-state index in [1.165, 1.54) is 6.92 Å². The number of aliphatic hydroxyl groups excluding tert-OH is 1. The van der Waals surface area contributed by atoms with Gasteiger partial charge in [-0.2, -0.15) is 0 Å². The van der Waals surface area contributed by atoms with Crippen LogP contribution >= 0.6 is 0 Å². The molecule has 0 aromatic heterocycles. The van der Waals surface area contributed by atoms with Crippen molar-refractivity contribution < 1.29 is 24.2 Å². The molecule has 5 aliphatic carbocycles. The summed E-state index contributed by atoms with van der Waals surface area (Å²) in [7, 11) is 0. The summed E-state index contributed by atoms with van der Waals surface area (Å²) in [6, 6.07) is 0. The lowest BCUT2D eigenvalue weighted by Crippen LogP contribution is -2.65. The van der Waals surface area contributed by atoms with Crippen molar-refractivity contribution in [3.8, 4) is 0 Å². The molecule has 1 N–H and O–H groups in total. The Bertz CT molecular complexity index is 1040. The predicted octanol–water partition coefficient (Wildman–Crippen LogP) is 7.11. The zero-order valence-corrected chi connectivity index (χ0v) is 26.1. The molecule has 0 aromatic rings. The predicted molar refractivity (Wildman–Crippen MR) is 153 cm³/mol. The highest BCUT2D eigenvalue weighted by Crippen LogP contribution is 2.74. The van der Waals surface area contributed by atoms with Gasteiger partial charge in [-0.25, -0.2) is 0 Å². The van der Waals surface area contributed by atoms with Gasteiger partial charge in [-0.05, 0) is 103 Å². The van der Waals surface area contributed by atoms with E-state index in [0.29, 0.717) is 24.4 Å². The number of carbonyl (C=O) groups excluding carboxylic acids is 2. The molecule has 5 aliphatic rings. The minimum absolute atomic E-state index is 0.0152. The summed E-state index contributed by atoms with van der Waals surface area (Å²) >= 11 is 0. The van der Waals surface area contributed by atoms with E-state index in [4.69, 9.17) is 9.47 Å². The third-order valence-corrected chi connectivity index (χ3v) is 13.3. The van der Waals surface area contributed by atoms with E-state index < -0.39 is 0 Å². The molecule has 4 fully saturated rings. The van der Waals surface area contributed by atoms with Crippen LogP contribution in [0.4, 0.5) is 0 Å². The second-order valence-corrected chi connectivity index (χ2v) is 16.3. The fourth-order valence-electron chi connectivity index (χ4n) is 11.7. The summed E-state index contributed by atoms with van der Waals surface area (Å²) in [5, 5.41) is 11.9. The third kappa shape index (κ3) is 4.34. The second-order valence-electron chi connectivity index (χ2n) is 16.3. The molecule has 220 valence electrons. The maximum absolute atomic E-state index is 11.9. The number of ether oxygens (including phenoxy) is 2. The average Bonchev–Trinajstić information content (AvgIpc) is 2.79. The number of fused-ring (bicyclic) bond motifs is 7. The van der Waals surface area contributed by atoms with Crippen LogP contribution in [0.25, 0.3) is 0 Å². The quantitative estimate of drug-likeness (QED) is 0.304. The molecule has 5 heteroatoms. The first-order chi connectivity index (χ1) is 18.0. The second kappa shape index (κ2) is 9.33. The van der Waals surface area contributed by atoms with Gasteiger partial charge in [0, 0.05) is 19.3 Å². The summed E-state index contributed by atoms with van der Waals surface area (Å²) in [4.78, 5) is 23.6. The fraction of sp³-hybridized carbons (Fsp3) is 0.882. The summed E-state index contributed by atoms with van der Waals surface area (Å²) in [5.41, 5.74) is 1.90. The van der Waals surface area contributed by atoms with Crippen molar-refractivity contribution in [3.63, 3.8) is 0 Å². The molecule has 0 aliphatic heterocycles. The van der Waals surface area contributed by atoms with Crippen LogP contribution < -0.4 is 0 Å². The van der Waals surface area contributed by atoms with E-state index in [0.717, 1.165) is 51.4 Å². The van der Waals surface area contributed by atoms with Crippen LogP contribution in [0.15, 0.2) is 11.6 Å². The van der Waals surface area contributed by atoms with Crippen molar-refractivity contribution in [1.29, 1.82) is 0 Å². The summed E-state index contributed by atoms with van der Waals surface area (Å²) < 4.78 is 11.5. The molecule has 0 saturated heterocycles. The number of rotatable bonds is 3. The zero-order chi connectivity index (χ0) is 28.8. The van der Waals surface area contributed by atoms with Gasteiger partial charge in [-0.1, -0.05) is 60.1 Å². The van der Waals surface area contributed by atoms with Crippen molar-refractivity contribution in [1.82, 2.24) is 0 Å². The Hall–Kier alpha value is -1.36. The van der Waals surface area contributed by atoms with Crippen molar-refractivity contribution in [2.24, 2.45) is 56.7 Å². The Kier molecular flexibility index (Phi) is 6.97. The van der Waals surface area contributed by atoms with Crippen LogP contribution in [0.1, 0.15) is 114 Å². The highest BCUT2D eigenvalue weighted by molar-refractivity contribution is 5.66. The van der Waals surface area contributed by atoms with Crippen LogP contribution in [0.2, 0.25) is 0 Å². The molecular weight excluding hydrogens is 488 g/mol. The van der Waals surface area contributed by atoms with Gasteiger partial charge < -0.3 is 14.6 Å². The number of hydrogen-bond acceptors (Lipinski definition) is 5. The van der Waals surface area contributed by atoms with Crippen LogP contribution in [0.3, 0.4) is 0 Å². The van der Waals surface area contributed by atoms with Gasteiger partial charge in [-0.15, -0.1) is 0 Å². The number of esters is 2. The molecule has 10 atom stereocenters. The van der Waals surface area contributed by atoms with E-state index in [2.05, 4.69) is 54.5 Å². The molecule has 5 rings (SSSR count). The van der Waals surface area contributed by atoms with Crippen molar-refractivity contribution in [2.75, 3.05) is 6.61 Å². The maximum Gasteiger partial charge on any atom is 0.302 e. The molecule has 39 heavy (non-hydrogen) atoms. The van der Waals surface area contributed by atoms with Gasteiger partial charge in [0.2, 0.25) is 0 Å². The molecule has 0 spiro atoms. The number of aliphatic hydroxyl groups is 1. The first-order valence-electron chi connectivity index (χ1n) is 15.7. The van der Waals surface area contributed by atoms with Gasteiger partial charge in [0.15, 0.2) is 0 Å². The minimum Gasteiger partial charge on any atom is -0.466 e. The van der Waals surface area contributed by atoms with Crippen molar-refractivity contribution in [3.05, 3.63) is 11.6 Å². The van der Waals surface area contributed by atoms with Crippen LogP contribution in [-0.4, -0.2) is 35.9 Å². The largest absolute Gasteiger partial charge is 0.466 e. The zero-order valence-electron chi connectivity index (χ0n) is 26.1. The Balaban J connectivity index is 1.51. The van der Waals surface area contributed by atoms with Gasteiger partial charge in [0.25, 0.3) is 0 Å². The summed E-state index contributed by atoms with van der Waals surface area (Å²) in [6.07, 6.45) is 10.5. The maximum atomic E-state index is 11.9. The monoisotopic (exact) mass is 542 g/mol. The van der Waals surface area contributed by atoms with E-state index in [1.807, 2.05) is 0 Å². The standard InChI is InChI=1S/C34H54O5/c1-20(35)38-19-22-16-30(3,4)17-23-24-10-11-27-32(7)14-13-28(39-21(2)36)31(5,6)26(32)12-15-33(27,8)34(24,9)18-25(37)29(22)23/h10,22-23,25-29,37H,11-19H2,1-9H3. The summed E-state index contributed by atoms with van der Waals surface area (Å²) in [6.45, 7) is 20.4. The first-order valence-corrected chi connectivity index (χ1v) is 15.7. The molecule has 0 bridgehead atoms. The minimum atomic E-state index is -0.383. The highest BCUT2D eigenvalue weighted by Gasteiger charge is 2.68. The Labute approximate surface area is 236 Å². The lowest BCUT2D eigenvalue weighted by molar-refractivity contribution is -0.216. The number of allylic oxidation sites excluding steroid dienone is 2. The molecule has 4 saturated carbocycles. The van der Waals surface area contributed by atoms with E-state index in [-0.39, 0.29) is 63.1 Å². The first kappa shape index (κ1) is 29.1. The topological polar surface area (TPSA) is 72.8 Å². The normalized spacial score (nSPS) is 47.8. The van der Waals surface area contributed by atoms with Gasteiger partial charge in [0.05, 0.1) is 12.7 Å². The van der Waals surface area contributed by atoms with E-state index >= 15 is 0 Å². The van der Waals surface area contributed by atoms with Gasteiger partial charge >= 0.3 is 11.9 Å². The lowest BCUT2D eigenvalue weighted by Gasteiger charge is -2.71. The molecule has 5 nitrogen and oxygen atoms in total. The number of carbonyl (C=O) groups is 2. The fourth-order valence-corrected chi connectivity index (χ4v) is 11.7. The van der Waals surface area contributed by atoms with Crippen LogP contribution in [0, 0.1) is 56.7 Å². The Morgan fingerprint density at radius 2 is 1.62 bits per heavy atom. The SMILES string of the molecule is CC(=O)OCC1CC(C)(C)CC2C3=CCC4C5(C)CCC(OC(C)=O)C(C)(C)C5CCC4(C)C3(C)CC(O)C12. The molecule has 0 heterocycles.